The molecule has 0 bridgehead atoms. The van der Waals surface area contributed by atoms with Crippen molar-refractivity contribution in [2.45, 2.75) is 0 Å². The number of nitrogens with two attached hydrogens (primary N) is 1. The minimum atomic E-state index is -0.971. The molecule has 3 aromatic rings. The number of methoxy groups -OCH3 is 1. The van der Waals surface area contributed by atoms with Crippen LogP contribution < -0.4 is 10.5 Å². The third kappa shape index (κ3) is 2.27. The number of ether oxygens (including phenoxy) is 1. The van der Waals surface area contributed by atoms with Crippen LogP contribution in [0.15, 0.2) is 36.4 Å². The molecule has 0 saturated carbocycles. The van der Waals surface area contributed by atoms with Crippen molar-refractivity contribution in [3.63, 3.8) is 0 Å². The molecule has 1 aromatic heterocycles. The van der Waals surface area contributed by atoms with Crippen molar-refractivity contribution in [1.29, 1.82) is 0 Å². The van der Waals surface area contributed by atoms with Gasteiger partial charge in [0.15, 0.2) is 0 Å². The summed E-state index contributed by atoms with van der Waals surface area (Å²) in [6.07, 6.45) is 0. The molecule has 0 atom stereocenters. The zero-order valence-corrected chi connectivity index (χ0v) is 11.3. The Balaban J connectivity index is 2.08. The van der Waals surface area contributed by atoms with Crippen molar-refractivity contribution in [3.8, 4) is 17.1 Å². The number of nitrogens with zero attached hydrogens (tertiary/aromatic N) is 1. The molecule has 0 radical (unpaired) electrons. The van der Waals surface area contributed by atoms with Gasteiger partial charge in [0.2, 0.25) is 0 Å². The molecule has 2 aromatic carbocycles. The number of carbonyl (C=O) groups is 1. The average molecular weight is 283 g/mol. The van der Waals surface area contributed by atoms with Crippen molar-refractivity contribution < 1.29 is 14.6 Å². The Morgan fingerprint density at radius 3 is 2.76 bits per heavy atom. The van der Waals surface area contributed by atoms with Gasteiger partial charge in [0.1, 0.15) is 11.6 Å². The molecule has 21 heavy (non-hydrogen) atoms. The first-order chi connectivity index (χ1) is 10.1. The second-order valence-electron chi connectivity index (χ2n) is 4.58. The van der Waals surface area contributed by atoms with E-state index in [0.717, 1.165) is 5.56 Å². The normalized spacial score (nSPS) is 10.7. The smallest absolute Gasteiger partial charge is 0.335 e. The van der Waals surface area contributed by atoms with Gasteiger partial charge in [0.05, 0.1) is 29.4 Å². The number of imidazole rings is 1. The van der Waals surface area contributed by atoms with E-state index in [-0.39, 0.29) is 5.56 Å². The molecular formula is C15H13N3O3. The zero-order valence-electron chi connectivity index (χ0n) is 11.3. The maximum atomic E-state index is 11.0. The van der Waals surface area contributed by atoms with Crippen molar-refractivity contribution >= 4 is 22.7 Å². The molecule has 0 fully saturated rings. The first-order valence-electron chi connectivity index (χ1n) is 6.25. The quantitative estimate of drug-likeness (QED) is 0.641. The van der Waals surface area contributed by atoms with Crippen molar-refractivity contribution in [3.05, 3.63) is 42.0 Å². The van der Waals surface area contributed by atoms with Crippen LogP contribution in [0.5, 0.6) is 5.75 Å². The Hall–Kier alpha value is -3.02. The Bertz CT molecular complexity index is 839. The molecule has 0 amide bonds. The topological polar surface area (TPSA) is 101 Å². The van der Waals surface area contributed by atoms with E-state index in [1.165, 1.54) is 6.07 Å². The molecule has 0 unspecified atom stereocenters. The molecule has 106 valence electrons. The van der Waals surface area contributed by atoms with E-state index in [0.29, 0.717) is 28.3 Å². The predicted octanol–water partition coefficient (Wildman–Crippen LogP) is 2.52. The van der Waals surface area contributed by atoms with Gasteiger partial charge < -0.3 is 20.6 Å². The van der Waals surface area contributed by atoms with Gasteiger partial charge in [-0.3, -0.25) is 0 Å². The number of nitrogen functional groups attached to an aromatic ring is 1. The predicted molar refractivity (Wildman–Crippen MR) is 79.5 cm³/mol. The number of anilines is 1. The molecule has 0 aliphatic heterocycles. The minimum Gasteiger partial charge on any atom is -0.495 e. The highest BCUT2D eigenvalue weighted by Gasteiger charge is 2.10. The lowest BCUT2D eigenvalue weighted by molar-refractivity contribution is 0.0697. The molecule has 0 spiro atoms. The van der Waals surface area contributed by atoms with Gasteiger partial charge in [0.25, 0.3) is 0 Å². The SMILES string of the molecule is COc1ccc(-c2nc3ccc(C(=O)O)cc3[nH]2)cc1N. The molecule has 4 N–H and O–H groups in total. The number of benzene rings is 2. The van der Waals surface area contributed by atoms with E-state index in [9.17, 15) is 4.79 Å². The second-order valence-corrected chi connectivity index (χ2v) is 4.58. The molecule has 3 rings (SSSR count). The van der Waals surface area contributed by atoms with Crippen LogP contribution in [-0.2, 0) is 0 Å². The van der Waals surface area contributed by atoms with E-state index in [1.807, 2.05) is 6.07 Å². The lowest BCUT2D eigenvalue weighted by Gasteiger charge is -2.05. The lowest BCUT2D eigenvalue weighted by atomic mass is 10.2. The van der Waals surface area contributed by atoms with Crippen LogP contribution in [0, 0.1) is 0 Å². The van der Waals surface area contributed by atoms with Gasteiger partial charge in [-0.2, -0.15) is 0 Å². The average Bonchev–Trinajstić information content (AvgIpc) is 2.89. The van der Waals surface area contributed by atoms with Crippen molar-refractivity contribution in [1.82, 2.24) is 9.97 Å². The maximum Gasteiger partial charge on any atom is 0.335 e. The summed E-state index contributed by atoms with van der Waals surface area (Å²) in [6.45, 7) is 0. The summed E-state index contributed by atoms with van der Waals surface area (Å²) in [5, 5.41) is 9.00. The monoisotopic (exact) mass is 283 g/mol. The Morgan fingerprint density at radius 2 is 2.10 bits per heavy atom. The molecule has 0 saturated heterocycles. The number of hydrogen-bond acceptors (Lipinski definition) is 4. The highest BCUT2D eigenvalue weighted by molar-refractivity contribution is 5.93. The Kier molecular flexibility index (Phi) is 2.98. The number of aromatic nitrogens is 2. The third-order valence-electron chi connectivity index (χ3n) is 3.23. The minimum absolute atomic E-state index is 0.215. The van der Waals surface area contributed by atoms with Gasteiger partial charge in [-0.05, 0) is 36.4 Å². The van der Waals surface area contributed by atoms with E-state index in [1.54, 1.807) is 31.4 Å². The Labute approximate surface area is 120 Å². The fourth-order valence-electron chi connectivity index (χ4n) is 2.16. The van der Waals surface area contributed by atoms with Gasteiger partial charge in [-0.25, -0.2) is 9.78 Å². The fourth-order valence-corrected chi connectivity index (χ4v) is 2.16. The lowest BCUT2D eigenvalue weighted by Crippen LogP contribution is -1.94. The summed E-state index contributed by atoms with van der Waals surface area (Å²) < 4.78 is 5.12. The molecule has 6 nitrogen and oxygen atoms in total. The van der Waals surface area contributed by atoms with Gasteiger partial charge >= 0.3 is 5.97 Å². The second kappa shape index (κ2) is 4.82. The summed E-state index contributed by atoms with van der Waals surface area (Å²) in [5.41, 5.74) is 8.78. The summed E-state index contributed by atoms with van der Waals surface area (Å²) in [5.74, 6) is 0.256. The molecule has 1 heterocycles. The molecule has 0 aliphatic carbocycles. The van der Waals surface area contributed by atoms with Crippen molar-refractivity contribution in [2.24, 2.45) is 0 Å². The number of H-pyrrole nitrogens is 1. The number of nitrogens with one attached hydrogen (secondary N) is 1. The first kappa shape index (κ1) is 13.0. The fraction of sp³-hybridized carbons (Fsp3) is 0.0667. The van der Waals surface area contributed by atoms with E-state index < -0.39 is 5.97 Å². The molecular weight excluding hydrogens is 270 g/mol. The Morgan fingerprint density at radius 1 is 1.29 bits per heavy atom. The molecule has 6 heteroatoms. The van der Waals surface area contributed by atoms with Crippen LogP contribution in [0.2, 0.25) is 0 Å². The number of rotatable bonds is 3. The van der Waals surface area contributed by atoms with E-state index in [2.05, 4.69) is 9.97 Å². The third-order valence-corrected chi connectivity index (χ3v) is 3.23. The standard InChI is InChI=1S/C15H13N3O3/c1-21-13-5-3-8(6-10(13)16)14-17-11-4-2-9(15(19)20)7-12(11)18-14/h2-7H,16H2,1H3,(H,17,18)(H,19,20). The van der Waals surface area contributed by atoms with Crippen LogP contribution in [-0.4, -0.2) is 28.2 Å². The number of carboxylic acids is 1. The largest absolute Gasteiger partial charge is 0.495 e. The van der Waals surface area contributed by atoms with Gasteiger partial charge in [-0.1, -0.05) is 0 Å². The summed E-state index contributed by atoms with van der Waals surface area (Å²) in [4.78, 5) is 18.5. The summed E-state index contributed by atoms with van der Waals surface area (Å²) >= 11 is 0. The first-order valence-corrected chi connectivity index (χ1v) is 6.25. The number of aromatic carboxylic acids is 1. The number of aromatic amines is 1. The van der Waals surface area contributed by atoms with E-state index >= 15 is 0 Å². The number of carboxylic acid groups (broad SMARTS) is 1. The summed E-state index contributed by atoms with van der Waals surface area (Å²) in [6, 6.07) is 10.1. The van der Waals surface area contributed by atoms with Gasteiger partial charge in [0, 0.05) is 5.56 Å². The molecule has 0 aliphatic rings. The zero-order chi connectivity index (χ0) is 15.0. The number of hydrogen-bond donors (Lipinski definition) is 3. The summed E-state index contributed by atoms with van der Waals surface area (Å²) in [7, 11) is 1.56. The van der Waals surface area contributed by atoms with Crippen LogP contribution >= 0.6 is 0 Å². The number of fused-ring (bicyclic) bond motifs is 1. The van der Waals surface area contributed by atoms with E-state index in [4.69, 9.17) is 15.6 Å². The highest BCUT2D eigenvalue weighted by atomic mass is 16.5. The maximum absolute atomic E-state index is 11.0. The van der Waals surface area contributed by atoms with Gasteiger partial charge in [-0.15, -0.1) is 0 Å². The van der Waals surface area contributed by atoms with Crippen LogP contribution in [0.4, 0.5) is 5.69 Å². The van der Waals surface area contributed by atoms with Crippen molar-refractivity contribution in [2.75, 3.05) is 12.8 Å². The van der Waals surface area contributed by atoms with Crippen LogP contribution in [0.25, 0.3) is 22.4 Å². The van der Waals surface area contributed by atoms with Crippen LogP contribution in [0.1, 0.15) is 10.4 Å². The highest BCUT2D eigenvalue weighted by Crippen LogP contribution is 2.28. The van der Waals surface area contributed by atoms with Crippen LogP contribution in [0.3, 0.4) is 0 Å².